The van der Waals surface area contributed by atoms with Crippen molar-refractivity contribution in [3.63, 3.8) is 0 Å². The summed E-state index contributed by atoms with van der Waals surface area (Å²) in [4.78, 5) is 10.7. The van der Waals surface area contributed by atoms with Crippen LogP contribution in [0.25, 0.3) is 15.5 Å². The minimum absolute atomic E-state index is 0.924. The van der Waals surface area contributed by atoms with Gasteiger partial charge in [0, 0.05) is 5.38 Å². The Balaban J connectivity index is 2.26. The molecule has 0 radical (unpaired) electrons. The van der Waals surface area contributed by atoms with Crippen LogP contribution in [0.1, 0.15) is 10.7 Å². The third kappa shape index (κ3) is 1.29. The fourth-order valence-corrected chi connectivity index (χ4v) is 3.17. The highest BCUT2D eigenvalue weighted by molar-refractivity contribution is 7.20. The van der Waals surface area contributed by atoms with Crippen molar-refractivity contribution < 1.29 is 0 Å². The first kappa shape index (κ1) is 8.99. The molecular weight excluding hydrogens is 228 g/mol. The van der Waals surface area contributed by atoms with Gasteiger partial charge in [-0.25, -0.2) is 14.5 Å². The molecule has 0 fully saturated rings. The Kier molecular flexibility index (Phi) is 1.86. The predicted molar refractivity (Wildman–Crippen MR) is 61.4 cm³/mol. The van der Waals surface area contributed by atoms with E-state index in [9.17, 15) is 0 Å². The van der Waals surface area contributed by atoms with Crippen molar-refractivity contribution in [3.8, 4) is 10.6 Å². The molecule has 6 heteroatoms. The molecule has 3 aromatic rings. The summed E-state index contributed by atoms with van der Waals surface area (Å²) in [5, 5.41) is 7.33. The van der Waals surface area contributed by atoms with Crippen molar-refractivity contribution in [3.05, 3.63) is 22.4 Å². The molecule has 4 nitrogen and oxygen atoms in total. The van der Waals surface area contributed by atoms with Crippen LogP contribution in [0.5, 0.6) is 0 Å². The first-order valence-electron chi connectivity index (χ1n) is 4.47. The van der Waals surface area contributed by atoms with Gasteiger partial charge in [0.05, 0.1) is 21.3 Å². The van der Waals surface area contributed by atoms with E-state index in [0.717, 1.165) is 26.2 Å². The standard InChI is InChI=1S/C9H8N4S2/c1-5-8(7-3-14-6(2)12-7)15-9-10-4-11-13(5)9/h3-4H,1-2H3. The Morgan fingerprint density at radius 2 is 2.20 bits per heavy atom. The normalized spacial score (nSPS) is 11.3. The number of fused-ring (bicyclic) bond motifs is 1. The quantitative estimate of drug-likeness (QED) is 0.652. The molecule has 3 aromatic heterocycles. The molecule has 0 aliphatic rings. The van der Waals surface area contributed by atoms with Crippen LogP contribution >= 0.6 is 22.7 Å². The molecule has 0 unspecified atom stereocenters. The van der Waals surface area contributed by atoms with Gasteiger partial charge in [-0.05, 0) is 13.8 Å². The van der Waals surface area contributed by atoms with Crippen molar-refractivity contribution in [2.75, 3.05) is 0 Å². The lowest BCUT2D eigenvalue weighted by molar-refractivity contribution is 0.933. The molecule has 0 saturated carbocycles. The number of hydrogen-bond donors (Lipinski definition) is 0. The summed E-state index contributed by atoms with van der Waals surface area (Å²) in [6.45, 7) is 4.06. The third-order valence-electron chi connectivity index (χ3n) is 2.21. The van der Waals surface area contributed by atoms with E-state index in [-0.39, 0.29) is 0 Å². The molecule has 0 spiro atoms. The summed E-state index contributed by atoms with van der Waals surface area (Å²) < 4.78 is 1.86. The fraction of sp³-hybridized carbons (Fsp3) is 0.222. The summed E-state index contributed by atoms with van der Waals surface area (Å²) in [6, 6.07) is 0. The minimum Gasteiger partial charge on any atom is -0.241 e. The topological polar surface area (TPSA) is 43.1 Å². The van der Waals surface area contributed by atoms with Gasteiger partial charge in [0.15, 0.2) is 0 Å². The number of nitrogens with zero attached hydrogens (tertiary/aromatic N) is 4. The summed E-state index contributed by atoms with van der Waals surface area (Å²) in [5.74, 6) is 0. The van der Waals surface area contributed by atoms with Crippen LogP contribution in [0.2, 0.25) is 0 Å². The van der Waals surface area contributed by atoms with Gasteiger partial charge in [-0.15, -0.1) is 11.3 Å². The molecule has 0 bridgehead atoms. The van der Waals surface area contributed by atoms with E-state index in [2.05, 4.69) is 20.4 Å². The molecule has 0 amide bonds. The average Bonchev–Trinajstić information content (AvgIpc) is 2.84. The van der Waals surface area contributed by atoms with Crippen LogP contribution in [0.15, 0.2) is 11.7 Å². The number of thiazole rings is 2. The van der Waals surface area contributed by atoms with Crippen molar-refractivity contribution in [2.45, 2.75) is 13.8 Å². The molecule has 15 heavy (non-hydrogen) atoms. The Bertz CT molecular complexity index is 619. The molecule has 3 rings (SSSR count). The van der Waals surface area contributed by atoms with Gasteiger partial charge in [-0.2, -0.15) is 5.10 Å². The number of aryl methyl sites for hydroxylation is 2. The van der Waals surface area contributed by atoms with Crippen molar-refractivity contribution in [2.24, 2.45) is 0 Å². The first-order valence-corrected chi connectivity index (χ1v) is 6.17. The molecule has 0 aromatic carbocycles. The largest absolute Gasteiger partial charge is 0.241 e. The maximum atomic E-state index is 4.48. The zero-order valence-electron chi connectivity index (χ0n) is 8.26. The summed E-state index contributed by atoms with van der Waals surface area (Å²) in [5.41, 5.74) is 2.14. The molecule has 0 aliphatic carbocycles. The maximum absolute atomic E-state index is 4.48. The predicted octanol–water partition coefficient (Wildman–Crippen LogP) is 2.53. The Labute approximate surface area is 94.2 Å². The highest BCUT2D eigenvalue weighted by Crippen LogP contribution is 2.31. The van der Waals surface area contributed by atoms with Crippen LogP contribution < -0.4 is 0 Å². The van der Waals surface area contributed by atoms with Crippen molar-refractivity contribution in [1.29, 1.82) is 0 Å². The van der Waals surface area contributed by atoms with Crippen LogP contribution in [0.3, 0.4) is 0 Å². The molecular formula is C9H8N4S2. The molecule has 76 valence electrons. The highest BCUT2D eigenvalue weighted by Gasteiger charge is 2.13. The van der Waals surface area contributed by atoms with E-state index in [1.165, 1.54) is 0 Å². The van der Waals surface area contributed by atoms with Gasteiger partial charge in [0.25, 0.3) is 0 Å². The second-order valence-electron chi connectivity index (χ2n) is 3.22. The van der Waals surface area contributed by atoms with Crippen LogP contribution in [-0.4, -0.2) is 19.6 Å². The van der Waals surface area contributed by atoms with Crippen LogP contribution in [-0.2, 0) is 0 Å². The molecule has 0 N–H and O–H groups in total. The Morgan fingerprint density at radius 1 is 1.33 bits per heavy atom. The fourth-order valence-electron chi connectivity index (χ4n) is 1.50. The van der Waals surface area contributed by atoms with E-state index in [1.54, 1.807) is 29.0 Å². The summed E-state index contributed by atoms with van der Waals surface area (Å²) >= 11 is 3.30. The SMILES string of the molecule is Cc1nc(-c2sc3ncnn3c2C)cs1. The zero-order valence-corrected chi connectivity index (χ0v) is 9.89. The smallest absolute Gasteiger partial charge is 0.212 e. The van der Waals surface area contributed by atoms with E-state index in [4.69, 9.17) is 0 Å². The molecule has 0 aliphatic heterocycles. The lowest BCUT2D eigenvalue weighted by atomic mass is 10.3. The van der Waals surface area contributed by atoms with Gasteiger partial charge in [-0.1, -0.05) is 11.3 Å². The van der Waals surface area contributed by atoms with Gasteiger partial charge < -0.3 is 0 Å². The van der Waals surface area contributed by atoms with Crippen LogP contribution in [0.4, 0.5) is 0 Å². The number of rotatable bonds is 1. The zero-order chi connectivity index (χ0) is 10.4. The van der Waals surface area contributed by atoms with E-state index >= 15 is 0 Å². The van der Waals surface area contributed by atoms with Gasteiger partial charge in [0.1, 0.15) is 6.33 Å². The van der Waals surface area contributed by atoms with Crippen molar-refractivity contribution in [1.82, 2.24) is 19.6 Å². The Hall–Kier alpha value is -1.27. The highest BCUT2D eigenvalue weighted by atomic mass is 32.1. The van der Waals surface area contributed by atoms with Crippen LogP contribution in [0, 0.1) is 13.8 Å². The number of aromatic nitrogens is 4. The lowest BCUT2D eigenvalue weighted by Gasteiger charge is -1.92. The number of hydrogen-bond acceptors (Lipinski definition) is 5. The second kappa shape index (κ2) is 3.11. The minimum atomic E-state index is 0.924. The van der Waals surface area contributed by atoms with Gasteiger partial charge in [0.2, 0.25) is 4.96 Å². The molecule has 3 heterocycles. The second-order valence-corrected chi connectivity index (χ2v) is 5.26. The van der Waals surface area contributed by atoms with Gasteiger partial charge in [-0.3, -0.25) is 0 Å². The monoisotopic (exact) mass is 236 g/mol. The molecule has 0 saturated heterocycles. The lowest BCUT2D eigenvalue weighted by Crippen LogP contribution is -1.87. The summed E-state index contributed by atoms with van der Waals surface area (Å²) in [7, 11) is 0. The van der Waals surface area contributed by atoms with E-state index < -0.39 is 0 Å². The van der Waals surface area contributed by atoms with E-state index in [1.807, 2.05) is 18.4 Å². The maximum Gasteiger partial charge on any atom is 0.212 e. The molecule has 0 atom stereocenters. The van der Waals surface area contributed by atoms with Crippen molar-refractivity contribution >= 4 is 27.6 Å². The summed E-state index contributed by atoms with van der Waals surface area (Å²) in [6.07, 6.45) is 1.58. The average molecular weight is 236 g/mol. The third-order valence-corrected chi connectivity index (χ3v) is 4.15. The van der Waals surface area contributed by atoms with Gasteiger partial charge >= 0.3 is 0 Å². The van der Waals surface area contributed by atoms with E-state index in [0.29, 0.717) is 0 Å². The first-order chi connectivity index (χ1) is 7.25. The Morgan fingerprint density at radius 3 is 2.87 bits per heavy atom.